The third kappa shape index (κ3) is 2.92. The van der Waals surface area contributed by atoms with E-state index in [1.165, 1.54) is 0 Å². The minimum absolute atomic E-state index is 0.161. The molecule has 0 aliphatic rings. The van der Waals surface area contributed by atoms with Gasteiger partial charge in [-0.3, -0.25) is 9.38 Å². The van der Waals surface area contributed by atoms with Crippen LogP contribution in [0, 0.1) is 0 Å². The molecule has 2 aromatic heterocycles. The number of fused-ring (bicyclic) bond motifs is 1. The van der Waals surface area contributed by atoms with Crippen LogP contribution in [0.4, 0.5) is 5.69 Å². The summed E-state index contributed by atoms with van der Waals surface area (Å²) in [5, 5.41) is 13.7. The van der Waals surface area contributed by atoms with Gasteiger partial charge in [0.1, 0.15) is 5.69 Å². The van der Waals surface area contributed by atoms with Gasteiger partial charge in [-0.15, -0.1) is 0 Å². The molecule has 0 amide bonds. The van der Waals surface area contributed by atoms with Crippen molar-refractivity contribution in [3.63, 3.8) is 0 Å². The Morgan fingerprint density at radius 3 is 2.52 bits per heavy atom. The van der Waals surface area contributed by atoms with Crippen molar-refractivity contribution in [3.05, 3.63) is 78.2 Å². The number of imidazole rings is 1. The monoisotopic (exact) mass is 330 g/mol. The topological polar surface area (TPSA) is 62.5 Å². The van der Waals surface area contributed by atoms with Gasteiger partial charge < -0.3 is 10.4 Å². The largest absolute Gasteiger partial charge is 0.493 e. The molecule has 0 aliphatic heterocycles. The first-order valence-electron chi connectivity index (χ1n) is 8.12. The molecular weight excluding hydrogens is 312 g/mol. The molecule has 0 spiro atoms. The van der Waals surface area contributed by atoms with E-state index in [1.54, 1.807) is 10.6 Å². The summed E-state index contributed by atoms with van der Waals surface area (Å²) in [6.45, 7) is 0. The number of aromatic nitrogens is 3. The van der Waals surface area contributed by atoms with Gasteiger partial charge in [0.25, 0.3) is 0 Å². The molecule has 2 heterocycles. The molecule has 2 aromatic carbocycles. The van der Waals surface area contributed by atoms with Crippen molar-refractivity contribution >= 4 is 11.3 Å². The van der Waals surface area contributed by atoms with Crippen LogP contribution in [0.5, 0.6) is 5.88 Å². The second-order valence-corrected chi connectivity index (χ2v) is 5.87. The average Bonchev–Trinajstić information content (AvgIpc) is 2.98. The van der Waals surface area contributed by atoms with E-state index in [0.29, 0.717) is 17.8 Å². The second kappa shape index (κ2) is 6.28. The third-order valence-corrected chi connectivity index (χ3v) is 4.24. The molecule has 124 valence electrons. The maximum Gasteiger partial charge on any atom is 0.219 e. The first-order valence-corrected chi connectivity index (χ1v) is 8.12. The van der Waals surface area contributed by atoms with Crippen LogP contribution in [0.3, 0.4) is 0 Å². The van der Waals surface area contributed by atoms with Crippen LogP contribution >= 0.6 is 0 Å². The van der Waals surface area contributed by atoms with Gasteiger partial charge in [0, 0.05) is 30.9 Å². The molecule has 2 N–H and O–H groups in total. The van der Waals surface area contributed by atoms with Crippen molar-refractivity contribution in [2.24, 2.45) is 0 Å². The van der Waals surface area contributed by atoms with Crippen LogP contribution in [0.2, 0.25) is 0 Å². The summed E-state index contributed by atoms with van der Waals surface area (Å²) < 4.78 is 1.69. The maximum atomic E-state index is 10.6. The summed E-state index contributed by atoms with van der Waals surface area (Å²) >= 11 is 0. The number of anilines is 1. The van der Waals surface area contributed by atoms with Gasteiger partial charge in [-0.1, -0.05) is 42.5 Å². The van der Waals surface area contributed by atoms with Gasteiger partial charge in [-0.05, 0) is 17.7 Å². The normalized spacial score (nSPS) is 10.9. The predicted molar refractivity (Wildman–Crippen MR) is 98.9 cm³/mol. The fourth-order valence-electron chi connectivity index (χ4n) is 2.86. The number of nitrogens with one attached hydrogen (secondary N) is 1. The Morgan fingerprint density at radius 1 is 1.04 bits per heavy atom. The predicted octanol–water partition coefficient (Wildman–Crippen LogP) is 3.73. The van der Waals surface area contributed by atoms with E-state index >= 15 is 0 Å². The molecule has 4 rings (SSSR count). The third-order valence-electron chi connectivity index (χ3n) is 4.24. The molecule has 0 radical (unpaired) electrons. The van der Waals surface area contributed by atoms with Crippen LogP contribution in [-0.2, 0) is 6.42 Å². The molecule has 5 nitrogen and oxygen atoms in total. The van der Waals surface area contributed by atoms with Crippen LogP contribution in [0.25, 0.3) is 16.9 Å². The Morgan fingerprint density at radius 2 is 1.80 bits per heavy atom. The summed E-state index contributed by atoms with van der Waals surface area (Å²) in [6.07, 6.45) is 4.09. The number of aromatic hydroxyl groups is 1. The molecule has 0 unspecified atom stereocenters. The first kappa shape index (κ1) is 15.2. The zero-order valence-electron chi connectivity index (χ0n) is 13.8. The quantitative estimate of drug-likeness (QED) is 0.598. The highest BCUT2D eigenvalue weighted by Crippen LogP contribution is 2.25. The van der Waals surface area contributed by atoms with Crippen molar-refractivity contribution in [1.29, 1.82) is 0 Å². The van der Waals surface area contributed by atoms with Crippen LogP contribution in [0.1, 0.15) is 11.3 Å². The zero-order valence-corrected chi connectivity index (χ0v) is 13.8. The number of nitrogens with zero attached hydrogens (tertiary/aromatic N) is 3. The van der Waals surface area contributed by atoms with E-state index in [0.717, 1.165) is 22.5 Å². The zero-order chi connectivity index (χ0) is 17.2. The molecular formula is C20H18N4O. The molecule has 0 aliphatic carbocycles. The lowest BCUT2D eigenvalue weighted by atomic mass is 10.1. The van der Waals surface area contributed by atoms with Gasteiger partial charge in [0.15, 0.2) is 5.65 Å². The van der Waals surface area contributed by atoms with E-state index in [2.05, 4.69) is 15.3 Å². The molecule has 0 fully saturated rings. The number of hydrogen-bond donors (Lipinski definition) is 2. The summed E-state index contributed by atoms with van der Waals surface area (Å²) in [7, 11) is 1.89. The summed E-state index contributed by atoms with van der Waals surface area (Å²) in [5.74, 6) is 0.161. The van der Waals surface area contributed by atoms with Gasteiger partial charge in [0.05, 0.1) is 11.9 Å². The van der Waals surface area contributed by atoms with Gasteiger partial charge in [-0.25, -0.2) is 4.98 Å². The summed E-state index contributed by atoms with van der Waals surface area (Å²) in [4.78, 5) is 8.99. The second-order valence-electron chi connectivity index (χ2n) is 5.87. The van der Waals surface area contributed by atoms with Crippen molar-refractivity contribution in [3.8, 4) is 17.1 Å². The van der Waals surface area contributed by atoms with E-state index in [-0.39, 0.29) is 5.88 Å². The van der Waals surface area contributed by atoms with E-state index in [4.69, 9.17) is 0 Å². The van der Waals surface area contributed by atoms with E-state index in [1.807, 2.05) is 67.8 Å². The Hall–Kier alpha value is -3.34. The Bertz CT molecular complexity index is 1010. The Labute approximate surface area is 145 Å². The van der Waals surface area contributed by atoms with Crippen LogP contribution in [0.15, 0.2) is 67.0 Å². The molecule has 0 saturated carbocycles. The lowest BCUT2D eigenvalue weighted by Gasteiger charge is -2.04. The lowest BCUT2D eigenvalue weighted by molar-refractivity contribution is 0.442. The Balaban J connectivity index is 1.71. The van der Waals surface area contributed by atoms with Gasteiger partial charge in [-0.2, -0.15) is 0 Å². The van der Waals surface area contributed by atoms with Gasteiger partial charge >= 0.3 is 0 Å². The highest BCUT2D eigenvalue weighted by atomic mass is 16.3. The number of rotatable bonds is 4. The summed E-state index contributed by atoms with van der Waals surface area (Å²) in [6, 6.07) is 18.0. The fraction of sp³-hybridized carbons (Fsp3) is 0.100. The van der Waals surface area contributed by atoms with Crippen molar-refractivity contribution < 1.29 is 5.11 Å². The van der Waals surface area contributed by atoms with E-state index in [9.17, 15) is 5.11 Å². The standard InChI is InChI=1S/C20H18N4O/c1-21-16-9-7-15(8-10-16)18-13-24-19(12-22-18)23-17(20(24)25)11-14-5-3-2-4-6-14/h2-10,12-13,21,25H,11H2,1H3. The molecule has 4 aromatic rings. The smallest absolute Gasteiger partial charge is 0.219 e. The maximum absolute atomic E-state index is 10.6. The SMILES string of the molecule is CNc1ccc(-c2cn3c(O)c(Cc4ccccc4)nc3cn2)cc1. The average molecular weight is 330 g/mol. The minimum Gasteiger partial charge on any atom is -0.493 e. The summed E-state index contributed by atoms with van der Waals surface area (Å²) in [5.41, 5.74) is 5.21. The van der Waals surface area contributed by atoms with E-state index < -0.39 is 0 Å². The lowest BCUT2D eigenvalue weighted by Crippen LogP contribution is -1.92. The molecule has 0 bridgehead atoms. The van der Waals surface area contributed by atoms with Crippen molar-refractivity contribution in [2.75, 3.05) is 12.4 Å². The molecule has 0 atom stereocenters. The number of benzene rings is 2. The first-order chi connectivity index (χ1) is 12.2. The number of hydrogen-bond acceptors (Lipinski definition) is 4. The fourth-order valence-corrected chi connectivity index (χ4v) is 2.86. The van der Waals surface area contributed by atoms with Crippen molar-refractivity contribution in [2.45, 2.75) is 6.42 Å². The van der Waals surface area contributed by atoms with Gasteiger partial charge in [0.2, 0.25) is 5.88 Å². The molecule has 0 saturated heterocycles. The minimum atomic E-state index is 0.161. The van der Waals surface area contributed by atoms with Crippen LogP contribution in [-0.4, -0.2) is 26.5 Å². The highest BCUT2D eigenvalue weighted by Gasteiger charge is 2.13. The van der Waals surface area contributed by atoms with Crippen molar-refractivity contribution in [1.82, 2.24) is 14.4 Å². The molecule has 5 heteroatoms. The van der Waals surface area contributed by atoms with Crippen LogP contribution < -0.4 is 5.32 Å². The highest BCUT2D eigenvalue weighted by molar-refractivity contribution is 5.63. The Kier molecular flexibility index (Phi) is 3.82. The molecule has 25 heavy (non-hydrogen) atoms.